The third-order valence-electron chi connectivity index (χ3n) is 4.14. The lowest BCUT2D eigenvalue weighted by atomic mass is 9.87. The van der Waals surface area contributed by atoms with Crippen molar-refractivity contribution in [3.8, 4) is 5.69 Å². The molecule has 1 atom stereocenters. The van der Waals surface area contributed by atoms with E-state index >= 15 is 0 Å². The molecule has 4 nitrogen and oxygen atoms in total. The van der Waals surface area contributed by atoms with Gasteiger partial charge in [-0.25, -0.2) is 13.5 Å². The minimum Gasteiger partial charge on any atom is -0.310 e. The molecule has 1 amide bonds. The Balaban J connectivity index is 1.81. The summed E-state index contributed by atoms with van der Waals surface area (Å²) in [4.78, 5) is 12.1. The van der Waals surface area contributed by atoms with Gasteiger partial charge in [0.2, 0.25) is 5.91 Å². The van der Waals surface area contributed by atoms with E-state index in [1.54, 1.807) is 35.1 Å². The maximum atomic E-state index is 13.5. The van der Waals surface area contributed by atoms with Gasteiger partial charge in [0.05, 0.1) is 11.9 Å². The molecule has 1 aliphatic heterocycles. The lowest BCUT2D eigenvalue weighted by Gasteiger charge is -2.23. The third kappa shape index (κ3) is 2.46. The summed E-state index contributed by atoms with van der Waals surface area (Å²) in [5.41, 5.74) is 2.17. The summed E-state index contributed by atoms with van der Waals surface area (Å²) in [6, 6.07) is 12.1. The van der Waals surface area contributed by atoms with Crippen LogP contribution in [0.5, 0.6) is 0 Å². The van der Waals surface area contributed by atoms with Gasteiger partial charge in [0.25, 0.3) is 0 Å². The maximum Gasteiger partial charge on any atom is 0.226 e. The van der Waals surface area contributed by atoms with Crippen LogP contribution < -0.4 is 5.32 Å². The smallest absolute Gasteiger partial charge is 0.226 e. The fourth-order valence-corrected chi connectivity index (χ4v) is 3.02. The van der Waals surface area contributed by atoms with Crippen LogP contribution in [0.25, 0.3) is 5.69 Å². The highest BCUT2D eigenvalue weighted by Gasteiger charge is 2.30. The van der Waals surface area contributed by atoms with Gasteiger partial charge in [-0.2, -0.15) is 5.10 Å². The zero-order valence-electron chi connectivity index (χ0n) is 12.5. The highest BCUT2D eigenvalue weighted by molar-refractivity contribution is 5.94. The van der Waals surface area contributed by atoms with Crippen molar-refractivity contribution in [2.24, 2.45) is 0 Å². The minimum absolute atomic E-state index is 0.166. The Morgan fingerprint density at radius 1 is 1.08 bits per heavy atom. The minimum atomic E-state index is -0.346. The SMILES string of the molecule is O=C1CC(c2cccc(F)c2)c2cnn(-c3ccc(F)cc3)c2N1. The van der Waals surface area contributed by atoms with Crippen LogP contribution in [0.15, 0.2) is 54.7 Å². The molecule has 2 aromatic carbocycles. The molecule has 1 aromatic heterocycles. The van der Waals surface area contributed by atoms with Crippen LogP contribution in [0, 0.1) is 11.6 Å². The quantitative estimate of drug-likeness (QED) is 0.782. The highest BCUT2D eigenvalue weighted by Crippen LogP contribution is 2.38. The number of nitrogens with zero attached hydrogens (tertiary/aromatic N) is 2. The number of amides is 1. The molecule has 0 saturated heterocycles. The largest absolute Gasteiger partial charge is 0.310 e. The Bertz CT molecular complexity index is 918. The van der Waals surface area contributed by atoms with Crippen molar-refractivity contribution < 1.29 is 13.6 Å². The highest BCUT2D eigenvalue weighted by atomic mass is 19.1. The van der Waals surface area contributed by atoms with Crippen molar-refractivity contribution >= 4 is 11.7 Å². The van der Waals surface area contributed by atoms with Crippen molar-refractivity contribution in [2.45, 2.75) is 12.3 Å². The van der Waals surface area contributed by atoms with Crippen LogP contribution in [0.4, 0.5) is 14.6 Å². The first-order valence-electron chi connectivity index (χ1n) is 7.51. The van der Waals surface area contributed by atoms with E-state index in [9.17, 15) is 13.6 Å². The number of carbonyl (C=O) groups is 1. The first-order valence-corrected chi connectivity index (χ1v) is 7.51. The van der Waals surface area contributed by atoms with Crippen molar-refractivity contribution in [1.82, 2.24) is 9.78 Å². The lowest BCUT2D eigenvalue weighted by Crippen LogP contribution is -2.24. The zero-order valence-corrected chi connectivity index (χ0v) is 12.5. The van der Waals surface area contributed by atoms with Gasteiger partial charge < -0.3 is 5.32 Å². The van der Waals surface area contributed by atoms with Gasteiger partial charge >= 0.3 is 0 Å². The number of benzene rings is 2. The van der Waals surface area contributed by atoms with E-state index in [0.29, 0.717) is 11.5 Å². The van der Waals surface area contributed by atoms with E-state index in [0.717, 1.165) is 11.1 Å². The van der Waals surface area contributed by atoms with Gasteiger partial charge in [0, 0.05) is 17.9 Å². The molecule has 120 valence electrons. The normalized spacial score (nSPS) is 16.6. The summed E-state index contributed by atoms with van der Waals surface area (Å²) in [7, 11) is 0. The molecule has 24 heavy (non-hydrogen) atoms. The van der Waals surface area contributed by atoms with Gasteiger partial charge in [-0.1, -0.05) is 12.1 Å². The number of fused-ring (bicyclic) bond motifs is 1. The average Bonchev–Trinajstić information content (AvgIpc) is 2.98. The molecule has 0 saturated carbocycles. The average molecular weight is 325 g/mol. The van der Waals surface area contributed by atoms with E-state index in [-0.39, 0.29) is 29.9 Å². The van der Waals surface area contributed by atoms with Crippen LogP contribution in [0.3, 0.4) is 0 Å². The molecule has 1 N–H and O–H groups in total. The number of nitrogens with one attached hydrogen (secondary N) is 1. The van der Waals surface area contributed by atoms with E-state index < -0.39 is 0 Å². The molecular weight excluding hydrogens is 312 g/mol. The second-order valence-corrected chi connectivity index (χ2v) is 5.70. The van der Waals surface area contributed by atoms with E-state index in [2.05, 4.69) is 10.4 Å². The van der Waals surface area contributed by atoms with Crippen molar-refractivity contribution in [3.05, 3.63) is 77.5 Å². The predicted octanol–water partition coefficient (Wildman–Crippen LogP) is 3.62. The van der Waals surface area contributed by atoms with E-state index in [4.69, 9.17) is 0 Å². The summed E-state index contributed by atoms with van der Waals surface area (Å²) in [6.45, 7) is 0. The summed E-state index contributed by atoms with van der Waals surface area (Å²) >= 11 is 0. The monoisotopic (exact) mass is 325 g/mol. The summed E-state index contributed by atoms with van der Waals surface area (Å²) in [5.74, 6) is -0.584. The van der Waals surface area contributed by atoms with E-state index in [1.807, 2.05) is 0 Å². The van der Waals surface area contributed by atoms with Crippen LogP contribution in [0.1, 0.15) is 23.5 Å². The molecule has 0 spiro atoms. The number of carbonyl (C=O) groups excluding carboxylic acids is 1. The summed E-state index contributed by atoms with van der Waals surface area (Å²) in [5, 5.41) is 7.13. The zero-order chi connectivity index (χ0) is 16.7. The molecule has 2 heterocycles. The number of halogens is 2. The molecule has 3 aromatic rings. The molecular formula is C18H13F2N3O. The number of aromatic nitrogens is 2. The van der Waals surface area contributed by atoms with Gasteiger partial charge in [0.1, 0.15) is 17.5 Å². The predicted molar refractivity (Wildman–Crippen MR) is 85.0 cm³/mol. The maximum absolute atomic E-state index is 13.5. The Morgan fingerprint density at radius 3 is 2.62 bits per heavy atom. The topological polar surface area (TPSA) is 46.9 Å². The molecule has 0 bridgehead atoms. The van der Waals surface area contributed by atoms with E-state index in [1.165, 1.54) is 24.3 Å². The van der Waals surface area contributed by atoms with Gasteiger partial charge in [-0.05, 0) is 42.0 Å². The molecule has 4 rings (SSSR count). The Hall–Kier alpha value is -3.02. The second kappa shape index (κ2) is 5.56. The van der Waals surface area contributed by atoms with Crippen molar-refractivity contribution in [3.63, 3.8) is 0 Å². The Labute approximate surface area is 136 Å². The standard InChI is InChI=1S/C18H13F2N3O/c19-12-4-6-14(7-5-12)23-18-16(10-21-23)15(9-17(24)22-18)11-2-1-3-13(20)8-11/h1-8,10,15H,9H2,(H,22,24). The molecule has 1 unspecified atom stereocenters. The Morgan fingerprint density at radius 2 is 1.88 bits per heavy atom. The number of hydrogen-bond acceptors (Lipinski definition) is 2. The first kappa shape index (κ1) is 14.6. The van der Waals surface area contributed by atoms with Gasteiger partial charge in [-0.3, -0.25) is 4.79 Å². The fourth-order valence-electron chi connectivity index (χ4n) is 3.02. The fraction of sp³-hybridized carbons (Fsp3) is 0.111. The molecule has 0 aliphatic carbocycles. The van der Waals surface area contributed by atoms with Crippen molar-refractivity contribution in [1.29, 1.82) is 0 Å². The molecule has 0 fully saturated rings. The van der Waals surface area contributed by atoms with Crippen molar-refractivity contribution in [2.75, 3.05) is 5.32 Å². The van der Waals surface area contributed by atoms with Crippen LogP contribution in [-0.2, 0) is 4.79 Å². The van der Waals surface area contributed by atoms with Crippen LogP contribution in [0.2, 0.25) is 0 Å². The second-order valence-electron chi connectivity index (χ2n) is 5.70. The number of anilines is 1. The lowest BCUT2D eigenvalue weighted by molar-refractivity contribution is -0.116. The molecule has 0 radical (unpaired) electrons. The summed E-state index contributed by atoms with van der Waals surface area (Å²) < 4.78 is 28.2. The molecule has 6 heteroatoms. The molecule has 1 aliphatic rings. The Kier molecular flexibility index (Phi) is 3.37. The third-order valence-corrected chi connectivity index (χ3v) is 4.14. The van der Waals surface area contributed by atoms with Crippen LogP contribution in [-0.4, -0.2) is 15.7 Å². The van der Waals surface area contributed by atoms with Crippen LogP contribution >= 0.6 is 0 Å². The first-order chi connectivity index (χ1) is 11.6. The van der Waals surface area contributed by atoms with Gasteiger partial charge in [0.15, 0.2) is 0 Å². The summed E-state index contributed by atoms with van der Waals surface area (Å²) in [6.07, 6.45) is 1.89. The van der Waals surface area contributed by atoms with Gasteiger partial charge in [-0.15, -0.1) is 0 Å². The number of rotatable bonds is 2. The number of hydrogen-bond donors (Lipinski definition) is 1.